The molecule has 1 aromatic heterocycles. The molecule has 3 N–H and O–H groups in total. The van der Waals surface area contributed by atoms with E-state index in [-0.39, 0.29) is 11.9 Å². The van der Waals surface area contributed by atoms with E-state index >= 15 is 0 Å². The summed E-state index contributed by atoms with van der Waals surface area (Å²) in [6.07, 6.45) is 2.68. The molecule has 1 atom stereocenters. The summed E-state index contributed by atoms with van der Waals surface area (Å²) < 4.78 is 5.57. The molecule has 0 bridgehead atoms. The molecule has 0 aliphatic carbocycles. The van der Waals surface area contributed by atoms with Crippen LogP contribution in [0.3, 0.4) is 0 Å². The highest BCUT2D eigenvalue weighted by Gasteiger charge is 2.18. The Labute approximate surface area is 105 Å². The second-order valence-corrected chi connectivity index (χ2v) is 4.21. The van der Waals surface area contributed by atoms with Gasteiger partial charge < -0.3 is 20.6 Å². The summed E-state index contributed by atoms with van der Waals surface area (Å²) in [7, 11) is 0. The Morgan fingerprint density at radius 2 is 2.50 bits per heavy atom. The zero-order valence-corrected chi connectivity index (χ0v) is 10.3. The Morgan fingerprint density at radius 1 is 1.67 bits per heavy atom. The Morgan fingerprint density at radius 3 is 3.28 bits per heavy atom. The van der Waals surface area contributed by atoms with Gasteiger partial charge in [-0.25, -0.2) is 9.97 Å². The van der Waals surface area contributed by atoms with E-state index in [0.717, 1.165) is 26.1 Å². The van der Waals surface area contributed by atoms with Gasteiger partial charge in [0.05, 0.1) is 6.10 Å². The van der Waals surface area contributed by atoms with Gasteiger partial charge in [-0.15, -0.1) is 0 Å². The number of aromatic nitrogens is 2. The molecule has 0 spiro atoms. The summed E-state index contributed by atoms with van der Waals surface area (Å²) in [6, 6.07) is 1.61. The van der Waals surface area contributed by atoms with Crippen molar-refractivity contribution in [2.75, 3.05) is 24.6 Å². The highest BCUT2D eigenvalue weighted by molar-refractivity contribution is 5.95. The summed E-state index contributed by atoms with van der Waals surface area (Å²) in [4.78, 5) is 10.6. The number of nitrogens with zero attached hydrogens (tertiary/aromatic N) is 4. The summed E-state index contributed by atoms with van der Waals surface area (Å²) in [5.74, 6) is 0.564. The van der Waals surface area contributed by atoms with Gasteiger partial charge in [-0.3, -0.25) is 0 Å². The first-order chi connectivity index (χ1) is 8.70. The van der Waals surface area contributed by atoms with Crippen molar-refractivity contribution in [1.82, 2.24) is 9.97 Å². The minimum absolute atomic E-state index is 0.0160. The van der Waals surface area contributed by atoms with E-state index in [0.29, 0.717) is 11.6 Å². The highest BCUT2D eigenvalue weighted by Crippen LogP contribution is 2.13. The minimum Gasteiger partial charge on any atom is -0.409 e. The fraction of sp³-hybridized carbons (Fsp3) is 0.545. The lowest BCUT2D eigenvalue weighted by Crippen LogP contribution is -2.32. The van der Waals surface area contributed by atoms with Crippen LogP contribution >= 0.6 is 0 Å². The van der Waals surface area contributed by atoms with Crippen molar-refractivity contribution >= 4 is 11.8 Å². The Hall–Kier alpha value is -1.89. The van der Waals surface area contributed by atoms with Crippen molar-refractivity contribution in [3.8, 4) is 0 Å². The Balaban J connectivity index is 2.21. The topological polar surface area (TPSA) is 96.9 Å². The number of hydrogen-bond acceptors (Lipinski definition) is 6. The van der Waals surface area contributed by atoms with Crippen molar-refractivity contribution < 1.29 is 9.94 Å². The summed E-state index contributed by atoms with van der Waals surface area (Å²) in [5, 5.41) is 11.6. The van der Waals surface area contributed by atoms with Crippen LogP contribution in [0.25, 0.3) is 0 Å². The van der Waals surface area contributed by atoms with Crippen molar-refractivity contribution in [3.63, 3.8) is 0 Å². The van der Waals surface area contributed by atoms with Crippen molar-refractivity contribution in [3.05, 3.63) is 18.0 Å². The maximum atomic E-state index is 8.65. The molecule has 1 unspecified atom stereocenters. The quantitative estimate of drug-likeness (QED) is 0.337. The minimum atomic E-state index is -0.0160. The Bertz CT molecular complexity index is 437. The van der Waals surface area contributed by atoms with Crippen molar-refractivity contribution in [2.45, 2.75) is 19.4 Å². The molecular formula is C11H17N5O2. The number of oxime groups is 1. The molecule has 0 aromatic carbocycles. The lowest BCUT2D eigenvalue weighted by molar-refractivity contribution is 0.0820. The molecule has 0 saturated carbocycles. The van der Waals surface area contributed by atoms with Crippen LogP contribution in [0, 0.1) is 0 Å². The van der Waals surface area contributed by atoms with Gasteiger partial charge in [0.1, 0.15) is 5.69 Å². The monoisotopic (exact) mass is 251 g/mol. The predicted octanol–water partition coefficient (Wildman–Crippen LogP) is 0.186. The number of ether oxygens (including phenoxy) is 1. The molecule has 18 heavy (non-hydrogen) atoms. The average molecular weight is 251 g/mol. The Kier molecular flexibility index (Phi) is 3.93. The summed E-state index contributed by atoms with van der Waals surface area (Å²) in [5.41, 5.74) is 5.93. The summed E-state index contributed by atoms with van der Waals surface area (Å²) in [6.45, 7) is 4.34. The maximum Gasteiger partial charge on any atom is 0.226 e. The predicted molar refractivity (Wildman–Crippen MR) is 66.8 cm³/mol. The zero-order valence-electron chi connectivity index (χ0n) is 10.3. The van der Waals surface area contributed by atoms with Gasteiger partial charge in [0.15, 0.2) is 5.84 Å². The molecule has 2 rings (SSSR count). The number of rotatable bonds is 2. The number of nitrogens with two attached hydrogens (primary N) is 1. The van der Waals surface area contributed by atoms with Crippen LogP contribution in [-0.2, 0) is 4.74 Å². The van der Waals surface area contributed by atoms with Gasteiger partial charge in [-0.1, -0.05) is 5.16 Å². The molecule has 1 aliphatic rings. The van der Waals surface area contributed by atoms with Crippen LogP contribution in [0.2, 0.25) is 0 Å². The third-order valence-electron chi connectivity index (χ3n) is 2.75. The van der Waals surface area contributed by atoms with Crippen LogP contribution in [0.5, 0.6) is 0 Å². The fourth-order valence-corrected chi connectivity index (χ4v) is 1.87. The van der Waals surface area contributed by atoms with Gasteiger partial charge >= 0.3 is 0 Å². The number of hydrogen-bond donors (Lipinski definition) is 2. The van der Waals surface area contributed by atoms with Crippen LogP contribution in [0.15, 0.2) is 17.4 Å². The van der Waals surface area contributed by atoms with Crippen LogP contribution in [-0.4, -0.2) is 46.8 Å². The SMILES string of the molecule is CC1CN(c2nccc(/C(N)=N/O)n2)CCCO1. The first-order valence-electron chi connectivity index (χ1n) is 5.88. The number of anilines is 1. The van der Waals surface area contributed by atoms with E-state index in [2.05, 4.69) is 15.1 Å². The molecule has 1 fully saturated rings. The van der Waals surface area contributed by atoms with E-state index in [1.807, 2.05) is 11.8 Å². The fourth-order valence-electron chi connectivity index (χ4n) is 1.87. The average Bonchev–Trinajstić information content (AvgIpc) is 2.62. The van der Waals surface area contributed by atoms with Crippen LogP contribution in [0.4, 0.5) is 5.95 Å². The van der Waals surface area contributed by atoms with E-state index < -0.39 is 0 Å². The molecule has 2 heterocycles. The van der Waals surface area contributed by atoms with E-state index in [1.165, 1.54) is 0 Å². The van der Waals surface area contributed by atoms with Gasteiger partial charge in [0, 0.05) is 25.9 Å². The smallest absolute Gasteiger partial charge is 0.226 e. The normalized spacial score (nSPS) is 21.7. The third-order valence-corrected chi connectivity index (χ3v) is 2.75. The summed E-state index contributed by atoms with van der Waals surface area (Å²) >= 11 is 0. The molecule has 0 radical (unpaired) electrons. The van der Waals surface area contributed by atoms with E-state index in [1.54, 1.807) is 12.3 Å². The highest BCUT2D eigenvalue weighted by atomic mass is 16.5. The van der Waals surface area contributed by atoms with Crippen LogP contribution < -0.4 is 10.6 Å². The van der Waals surface area contributed by atoms with E-state index in [9.17, 15) is 0 Å². The van der Waals surface area contributed by atoms with Gasteiger partial charge in [0.25, 0.3) is 0 Å². The first kappa shape index (κ1) is 12.6. The number of amidine groups is 1. The molecular weight excluding hydrogens is 234 g/mol. The molecule has 1 saturated heterocycles. The van der Waals surface area contributed by atoms with Crippen molar-refractivity contribution in [2.24, 2.45) is 10.9 Å². The molecule has 1 aliphatic heterocycles. The van der Waals surface area contributed by atoms with Gasteiger partial charge in [0.2, 0.25) is 5.95 Å². The molecule has 98 valence electrons. The lowest BCUT2D eigenvalue weighted by Gasteiger charge is -2.22. The molecule has 1 aromatic rings. The third kappa shape index (κ3) is 2.86. The molecule has 7 heteroatoms. The second-order valence-electron chi connectivity index (χ2n) is 4.21. The van der Waals surface area contributed by atoms with Crippen LogP contribution in [0.1, 0.15) is 19.0 Å². The van der Waals surface area contributed by atoms with E-state index in [4.69, 9.17) is 15.7 Å². The molecule has 0 amide bonds. The van der Waals surface area contributed by atoms with Gasteiger partial charge in [-0.05, 0) is 19.4 Å². The largest absolute Gasteiger partial charge is 0.409 e. The standard InChI is InChI=1S/C11H17N5O2/c1-8-7-16(5-2-6-18-8)11-13-4-3-9(14-11)10(12)15-17/h3-4,8,17H,2,5-7H2,1H3,(H2,12,15). The zero-order chi connectivity index (χ0) is 13.0. The lowest BCUT2D eigenvalue weighted by atomic mass is 10.3. The second kappa shape index (κ2) is 5.63. The van der Waals surface area contributed by atoms with Crippen molar-refractivity contribution in [1.29, 1.82) is 0 Å². The maximum absolute atomic E-state index is 8.65. The van der Waals surface area contributed by atoms with Gasteiger partial charge in [-0.2, -0.15) is 0 Å². The first-order valence-corrected chi connectivity index (χ1v) is 5.88. The molecule has 7 nitrogen and oxygen atoms in total.